The zero-order valence-corrected chi connectivity index (χ0v) is 9.43. The summed E-state index contributed by atoms with van der Waals surface area (Å²) in [6.07, 6.45) is -6.48. The van der Waals surface area contributed by atoms with Crippen molar-refractivity contribution in [2.45, 2.75) is 30.8 Å². The van der Waals surface area contributed by atoms with E-state index in [9.17, 15) is 40.2 Å². The van der Waals surface area contributed by atoms with Gasteiger partial charge in [0, 0.05) is 6.92 Å². The summed E-state index contributed by atoms with van der Waals surface area (Å²) in [5, 5.41) is 9.32. The topological polar surface area (TPSA) is 23.1 Å². The number of alkyl halides is 8. The number of hydrogen-bond donors (Lipinski definition) is 0. The van der Waals surface area contributed by atoms with Crippen LogP contribution in [0.15, 0.2) is 0 Å². The largest absolute Gasteiger partial charge is 1.00 e. The third-order valence-corrected chi connectivity index (χ3v) is 1.31. The van der Waals surface area contributed by atoms with Crippen LogP contribution in [0.4, 0.5) is 35.1 Å². The molecule has 0 aliphatic heterocycles. The average Bonchev–Trinajstić information content (AvgIpc) is 1.81. The maximum atomic E-state index is 12.0. The van der Waals surface area contributed by atoms with Gasteiger partial charge in [-0.15, -0.1) is 0 Å². The molecular weight excluding hydrogens is 251 g/mol. The molecule has 0 spiro atoms. The molecule has 10 heteroatoms. The molecule has 0 aliphatic carbocycles. The molecule has 0 saturated heterocycles. The fraction of sp³-hybridized carbons (Fsp3) is 1.00. The minimum absolute atomic E-state index is 0. The van der Waals surface area contributed by atoms with Crippen molar-refractivity contribution in [2.24, 2.45) is 0 Å². The van der Waals surface area contributed by atoms with E-state index < -0.39 is 30.8 Å². The zero-order chi connectivity index (χ0) is 12.0. The van der Waals surface area contributed by atoms with Gasteiger partial charge in [0.15, 0.2) is 0 Å². The number of rotatable bonds is 3. The molecule has 0 heterocycles. The summed E-state index contributed by atoms with van der Waals surface area (Å²) >= 11 is 0. The van der Waals surface area contributed by atoms with Gasteiger partial charge in [0.2, 0.25) is 0 Å². The molecule has 0 N–H and O–H groups in total. The van der Waals surface area contributed by atoms with Crippen LogP contribution in [0.25, 0.3) is 0 Å². The molecule has 0 aromatic rings. The SMILES string of the molecule is CC(F)(F)C(F)(F)C(F)(F)C([O-])(F)F.[Na+]. The Morgan fingerprint density at radius 1 is 0.733 bits per heavy atom. The van der Waals surface area contributed by atoms with E-state index in [4.69, 9.17) is 0 Å². The fourth-order valence-electron chi connectivity index (χ4n) is 0.458. The molecule has 0 aliphatic rings. The molecule has 0 unspecified atom stereocenters. The Labute approximate surface area is 101 Å². The molecule has 0 radical (unpaired) electrons. The van der Waals surface area contributed by atoms with Gasteiger partial charge in [-0.3, -0.25) is 0 Å². The van der Waals surface area contributed by atoms with Gasteiger partial charge in [0.05, 0.1) is 0 Å². The second kappa shape index (κ2) is 4.34. The van der Waals surface area contributed by atoms with Gasteiger partial charge in [-0.25, -0.2) is 8.78 Å². The van der Waals surface area contributed by atoms with Gasteiger partial charge in [-0.2, -0.15) is 26.3 Å². The van der Waals surface area contributed by atoms with E-state index in [1.54, 1.807) is 0 Å². The molecule has 0 aromatic heterocycles. The van der Waals surface area contributed by atoms with Crippen LogP contribution in [0, 0.1) is 0 Å². The van der Waals surface area contributed by atoms with Gasteiger partial charge >= 0.3 is 47.3 Å². The van der Waals surface area contributed by atoms with Gasteiger partial charge in [-0.1, -0.05) is 0 Å². The van der Waals surface area contributed by atoms with E-state index in [-0.39, 0.29) is 29.6 Å². The Hall–Kier alpha value is 0.400. The summed E-state index contributed by atoms with van der Waals surface area (Å²) in [7, 11) is 0. The number of halogens is 8. The van der Waals surface area contributed by atoms with Crippen LogP contribution in [0.1, 0.15) is 6.92 Å². The predicted octanol–water partition coefficient (Wildman–Crippen LogP) is -1.13. The summed E-state index contributed by atoms with van der Waals surface area (Å²) in [6.45, 7) is -0.688. The molecule has 0 amide bonds. The minimum atomic E-state index is -6.65. The van der Waals surface area contributed by atoms with Crippen molar-refractivity contribution in [3.63, 3.8) is 0 Å². The number of hydrogen-bond acceptors (Lipinski definition) is 1. The third-order valence-electron chi connectivity index (χ3n) is 1.31. The van der Waals surface area contributed by atoms with E-state index in [0.717, 1.165) is 0 Å². The van der Waals surface area contributed by atoms with Crippen LogP contribution in [0.5, 0.6) is 0 Å². The first kappa shape index (κ1) is 17.8. The molecule has 86 valence electrons. The maximum absolute atomic E-state index is 12.0. The van der Waals surface area contributed by atoms with Crippen LogP contribution in [-0.2, 0) is 0 Å². The van der Waals surface area contributed by atoms with Crippen molar-refractivity contribution in [1.29, 1.82) is 0 Å². The Balaban J connectivity index is 0. The molecule has 0 atom stereocenters. The van der Waals surface area contributed by atoms with Gasteiger partial charge in [0.25, 0.3) is 6.11 Å². The van der Waals surface area contributed by atoms with Crippen LogP contribution in [0.2, 0.25) is 0 Å². The second-order valence-corrected chi connectivity index (χ2v) is 2.55. The van der Waals surface area contributed by atoms with Gasteiger partial charge in [-0.05, 0) is 0 Å². The van der Waals surface area contributed by atoms with E-state index in [1.807, 2.05) is 0 Å². The quantitative estimate of drug-likeness (QED) is 0.461. The van der Waals surface area contributed by atoms with Crippen molar-refractivity contribution < 1.29 is 69.8 Å². The average molecular weight is 254 g/mol. The Kier molecular flexibility index (Phi) is 5.15. The molecule has 0 saturated carbocycles. The van der Waals surface area contributed by atoms with Gasteiger partial charge < -0.3 is 5.11 Å². The molecule has 0 aromatic carbocycles. The summed E-state index contributed by atoms with van der Waals surface area (Å²) in [5.41, 5.74) is 0. The maximum Gasteiger partial charge on any atom is 1.00 e. The summed E-state index contributed by atoms with van der Waals surface area (Å²) < 4.78 is 94.3. The van der Waals surface area contributed by atoms with E-state index >= 15 is 0 Å². The third kappa shape index (κ3) is 2.95. The predicted molar refractivity (Wildman–Crippen MR) is 25.5 cm³/mol. The first-order valence-electron chi connectivity index (χ1n) is 2.97. The van der Waals surface area contributed by atoms with E-state index in [1.165, 1.54) is 0 Å². The minimum Gasteiger partial charge on any atom is -0.793 e. The Morgan fingerprint density at radius 2 is 1.00 bits per heavy atom. The molecule has 0 rings (SSSR count). The first-order valence-corrected chi connectivity index (χ1v) is 2.97. The van der Waals surface area contributed by atoms with E-state index in [2.05, 4.69) is 0 Å². The molecule has 0 fully saturated rings. The molecule has 1 nitrogen and oxygen atoms in total. The van der Waals surface area contributed by atoms with Crippen molar-refractivity contribution in [3.05, 3.63) is 0 Å². The van der Waals surface area contributed by atoms with E-state index in [0.29, 0.717) is 0 Å². The van der Waals surface area contributed by atoms with Crippen LogP contribution in [-0.4, -0.2) is 23.9 Å². The Morgan fingerprint density at radius 3 is 1.07 bits per heavy atom. The van der Waals surface area contributed by atoms with Crippen molar-refractivity contribution in [1.82, 2.24) is 0 Å². The standard InChI is InChI=1S/C5H3F8O.Na/c1-2(6,7)3(8,9)4(10,11)5(12,13)14;/h1H3;/q-1;+1. The monoisotopic (exact) mass is 254 g/mol. The summed E-state index contributed by atoms with van der Waals surface area (Å²) in [6, 6.07) is 0. The van der Waals surface area contributed by atoms with Gasteiger partial charge in [0.1, 0.15) is 0 Å². The molecular formula is C5H3F8NaO. The molecule has 0 bridgehead atoms. The summed E-state index contributed by atoms with van der Waals surface area (Å²) in [4.78, 5) is 0. The Bertz CT molecular complexity index is 192. The first-order chi connectivity index (χ1) is 5.75. The fourth-order valence-corrected chi connectivity index (χ4v) is 0.458. The van der Waals surface area contributed by atoms with Crippen molar-refractivity contribution in [3.8, 4) is 0 Å². The van der Waals surface area contributed by atoms with Crippen molar-refractivity contribution >= 4 is 0 Å². The molecule has 15 heavy (non-hydrogen) atoms. The normalized spacial score (nSPS) is 14.8. The van der Waals surface area contributed by atoms with Crippen LogP contribution >= 0.6 is 0 Å². The second-order valence-electron chi connectivity index (χ2n) is 2.55. The smallest absolute Gasteiger partial charge is 0.793 e. The van der Waals surface area contributed by atoms with Crippen molar-refractivity contribution in [2.75, 3.05) is 0 Å². The van der Waals surface area contributed by atoms with Crippen LogP contribution < -0.4 is 34.7 Å². The summed E-state index contributed by atoms with van der Waals surface area (Å²) in [5.74, 6) is -18.5. The van der Waals surface area contributed by atoms with Crippen LogP contribution in [0.3, 0.4) is 0 Å². The zero-order valence-electron chi connectivity index (χ0n) is 7.43.